The van der Waals surface area contributed by atoms with E-state index < -0.39 is 0 Å². The second kappa shape index (κ2) is 5.82. The number of carbonyl (C=O) groups excluding carboxylic acids is 1. The zero-order chi connectivity index (χ0) is 12.1. The van der Waals surface area contributed by atoms with Crippen LogP contribution in [0.25, 0.3) is 0 Å². The number of rotatable bonds is 3. The van der Waals surface area contributed by atoms with Crippen molar-refractivity contribution in [2.75, 3.05) is 6.54 Å². The Morgan fingerprint density at radius 2 is 2.12 bits per heavy atom. The van der Waals surface area contributed by atoms with Crippen molar-refractivity contribution in [3.8, 4) is 0 Å². The van der Waals surface area contributed by atoms with Crippen molar-refractivity contribution in [2.24, 2.45) is 5.92 Å². The van der Waals surface area contributed by atoms with Crippen molar-refractivity contribution in [3.05, 3.63) is 35.9 Å². The number of nitrogens with one attached hydrogen (secondary N) is 2. The molecule has 2 rings (SSSR count). The Morgan fingerprint density at radius 3 is 2.76 bits per heavy atom. The van der Waals surface area contributed by atoms with Crippen LogP contribution in [-0.4, -0.2) is 18.5 Å². The molecule has 2 atom stereocenters. The van der Waals surface area contributed by atoms with Crippen LogP contribution in [0.5, 0.6) is 0 Å². The quantitative estimate of drug-likeness (QED) is 0.832. The molecule has 92 valence electrons. The summed E-state index contributed by atoms with van der Waals surface area (Å²) in [5.41, 5.74) is 1.15. The van der Waals surface area contributed by atoms with Gasteiger partial charge >= 0.3 is 0 Å². The molecule has 1 heterocycles. The number of hydrogen-bond acceptors (Lipinski definition) is 2. The van der Waals surface area contributed by atoms with Crippen molar-refractivity contribution < 1.29 is 4.79 Å². The summed E-state index contributed by atoms with van der Waals surface area (Å²) in [6.45, 7) is 3.60. The molecule has 0 saturated carbocycles. The minimum atomic E-state index is 0.134. The van der Waals surface area contributed by atoms with Gasteiger partial charge in [-0.3, -0.25) is 4.79 Å². The third-order valence-corrected chi connectivity index (χ3v) is 3.34. The van der Waals surface area contributed by atoms with Gasteiger partial charge in [-0.05, 0) is 25.3 Å². The van der Waals surface area contributed by atoms with Crippen LogP contribution in [0.3, 0.4) is 0 Å². The van der Waals surface area contributed by atoms with Crippen LogP contribution in [0.4, 0.5) is 0 Å². The minimum absolute atomic E-state index is 0.134. The molecule has 0 radical (unpaired) electrons. The molecule has 0 aromatic heterocycles. The Hall–Kier alpha value is -1.35. The zero-order valence-corrected chi connectivity index (χ0v) is 10.3. The van der Waals surface area contributed by atoms with E-state index in [9.17, 15) is 4.79 Å². The van der Waals surface area contributed by atoms with Gasteiger partial charge in [-0.15, -0.1) is 0 Å². The second-order valence-electron chi connectivity index (χ2n) is 4.79. The fourth-order valence-corrected chi connectivity index (χ4v) is 2.15. The molecular formula is C14H20N2O. The summed E-state index contributed by atoms with van der Waals surface area (Å²) in [4.78, 5) is 11.9. The molecule has 1 aliphatic rings. The van der Waals surface area contributed by atoms with Crippen LogP contribution in [0.2, 0.25) is 0 Å². The third kappa shape index (κ3) is 3.56. The first-order valence-electron chi connectivity index (χ1n) is 6.30. The molecule has 1 fully saturated rings. The predicted octanol–water partition coefficient (Wildman–Crippen LogP) is 1.69. The molecule has 0 spiro atoms. The average Bonchev–Trinajstić information content (AvgIpc) is 2.38. The van der Waals surface area contributed by atoms with Crippen LogP contribution in [0.15, 0.2) is 30.3 Å². The monoisotopic (exact) mass is 232 g/mol. The lowest BCUT2D eigenvalue weighted by molar-refractivity contribution is -0.125. The molecule has 1 aliphatic heterocycles. The van der Waals surface area contributed by atoms with Crippen LogP contribution >= 0.6 is 0 Å². The van der Waals surface area contributed by atoms with E-state index >= 15 is 0 Å². The molecule has 1 aromatic rings. The lowest BCUT2D eigenvalue weighted by Crippen LogP contribution is -2.43. The Kier molecular flexibility index (Phi) is 4.15. The van der Waals surface area contributed by atoms with E-state index in [4.69, 9.17) is 0 Å². The van der Waals surface area contributed by atoms with Gasteiger partial charge in [-0.2, -0.15) is 0 Å². The molecule has 1 aromatic carbocycles. The molecule has 17 heavy (non-hydrogen) atoms. The van der Waals surface area contributed by atoms with E-state index in [0.717, 1.165) is 24.9 Å². The van der Waals surface area contributed by atoms with Gasteiger partial charge in [0.05, 0.1) is 5.92 Å². The van der Waals surface area contributed by atoms with Gasteiger partial charge in [0.1, 0.15) is 0 Å². The summed E-state index contributed by atoms with van der Waals surface area (Å²) in [5.74, 6) is 0.308. The van der Waals surface area contributed by atoms with E-state index in [2.05, 4.69) is 17.6 Å². The Bertz CT molecular complexity index is 356. The van der Waals surface area contributed by atoms with Gasteiger partial charge in [0.15, 0.2) is 0 Å². The van der Waals surface area contributed by atoms with Gasteiger partial charge in [-0.1, -0.05) is 30.3 Å². The smallest absolute Gasteiger partial charge is 0.224 e. The Balaban J connectivity index is 1.78. The SMILES string of the molecule is CC1CCC(C(=O)NCc2ccccc2)CN1. The molecular weight excluding hydrogens is 212 g/mol. The van der Waals surface area contributed by atoms with Gasteiger partial charge < -0.3 is 10.6 Å². The lowest BCUT2D eigenvalue weighted by atomic mass is 9.95. The fourth-order valence-electron chi connectivity index (χ4n) is 2.15. The Labute approximate surface area is 103 Å². The van der Waals surface area contributed by atoms with Crippen molar-refractivity contribution in [1.82, 2.24) is 10.6 Å². The van der Waals surface area contributed by atoms with Crippen LogP contribution in [0.1, 0.15) is 25.3 Å². The molecule has 2 unspecified atom stereocenters. The largest absolute Gasteiger partial charge is 0.352 e. The van der Waals surface area contributed by atoms with Crippen LogP contribution < -0.4 is 10.6 Å². The highest BCUT2D eigenvalue weighted by atomic mass is 16.1. The minimum Gasteiger partial charge on any atom is -0.352 e. The predicted molar refractivity (Wildman–Crippen MR) is 68.5 cm³/mol. The van der Waals surface area contributed by atoms with E-state index in [-0.39, 0.29) is 11.8 Å². The van der Waals surface area contributed by atoms with Gasteiger partial charge in [0.2, 0.25) is 5.91 Å². The summed E-state index contributed by atoms with van der Waals surface area (Å²) >= 11 is 0. The van der Waals surface area contributed by atoms with Gasteiger partial charge in [0.25, 0.3) is 0 Å². The number of hydrogen-bond donors (Lipinski definition) is 2. The highest BCUT2D eigenvalue weighted by Gasteiger charge is 2.23. The van der Waals surface area contributed by atoms with E-state index in [1.165, 1.54) is 0 Å². The highest BCUT2D eigenvalue weighted by Crippen LogP contribution is 2.14. The number of amides is 1. The van der Waals surface area contributed by atoms with E-state index in [1.807, 2.05) is 30.3 Å². The maximum absolute atomic E-state index is 11.9. The average molecular weight is 232 g/mol. The normalized spacial score (nSPS) is 24.3. The summed E-state index contributed by atoms with van der Waals surface area (Å²) in [6, 6.07) is 10.6. The standard InChI is InChI=1S/C14H20N2O/c1-11-7-8-13(10-15-11)14(17)16-9-12-5-3-2-4-6-12/h2-6,11,13,15H,7-10H2,1H3,(H,16,17). The first-order chi connectivity index (χ1) is 8.25. The van der Waals surface area contributed by atoms with E-state index in [1.54, 1.807) is 0 Å². The summed E-state index contributed by atoms with van der Waals surface area (Å²) in [7, 11) is 0. The third-order valence-electron chi connectivity index (χ3n) is 3.34. The number of benzene rings is 1. The van der Waals surface area contributed by atoms with Crippen LogP contribution in [0, 0.1) is 5.92 Å². The number of carbonyl (C=O) groups is 1. The first-order valence-corrected chi connectivity index (χ1v) is 6.30. The molecule has 1 saturated heterocycles. The summed E-state index contributed by atoms with van der Waals surface area (Å²) < 4.78 is 0. The highest BCUT2D eigenvalue weighted by molar-refractivity contribution is 5.78. The number of piperidine rings is 1. The summed E-state index contributed by atoms with van der Waals surface area (Å²) in [5, 5.41) is 6.35. The van der Waals surface area contributed by atoms with E-state index in [0.29, 0.717) is 12.6 Å². The van der Waals surface area contributed by atoms with Crippen molar-refractivity contribution >= 4 is 5.91 Å². The molecule has 3 nitrogen and oxygen atoms in total. The molecule has 0 bridgehead atoms. The maximum Gasteiger partial charge on any atom is 0.224 e. The molecule has 1 amide bonds. The summed E-state index contributed by atoms with van der Waals surface area (Å²) in [6.07, 6.45) is 2.08. The Morgan fingerprint density at radius 1 is 1.35 bits per heavy atom. The molecule has 0 aliphatic carbocycles. The maximum atomic E-state index is 11.9. The van der Waals surface area contributed by atoms with Crippen LogP contribution in [-0.2, 0) is 11.3 Å². The molecule has 3 heteroatoms. The lowest BCUT2D eigenvalue weighted by Gasteiger charge is -2.26. The van der Waals surface area contributed by atoms with Gasteiger partial charge in [0, 0.05) is 19.1 Å². The first kappa shape index (κ1) is 12.1. The fraction of sp³-hybridized carbons (Fsp3) is 0.500. The van der Waals surface area contributed by atoms with Crippen molar-refractivity contribution in [2.45, 2.75) is 32.4 Å². The van der Waals surface area contributed by atoms with Gasteiger partial charge in [-0.25, -0.2) is 0 Å². The van der Waals surface area contributed by atoms with Crippen molar-refractivity contribution in [3.63, 3.8) is 0 Å². The second-order valence-corrected chi connectivity index (χ2v) is 4.79. The molecule has 2 N–H and O–H groups in total. The van der Waals surface area contributed by atoms with Crippen molar-refractivity contribution in [1.29, 1.82) is 0 Å². The topological polar surface area (TPSA) is 41.1 Å². The zero-order valence-electron chi connectivity index (χ0n) is 10.3.